The molecule has 298 valence electrons. The summed E-state index contributed by atoms with van der Waals surface area (Å²) in [4.78, 5) is 66.3. The first-order chi connectivity index (χ1) is 27.6. The lowest BCUT2D eigenvalue weighted by Gasteiger charge is -2.33. The zero-order chi connectivity index (χ0) is 39.9. The van der Waals surface area contributed by atoms with Crippen molar-refractivity contribution in [3.63, 3.8) is 0 Å². The molecule has 0 radical (unpaired) electrons. The average molecular weight is 770 g/mol. The second kappa shape index (κ2) is 18.1. The molecule has 1 atom stereocenters. The molecule has 3 aromatic carbocycles. The SMILES string of the molecule is CN(C)C(=O)C1CCN(CCN(C)C(=O)c2cccc(C(=O)Nc3ccc(N4CCCCC4)cc3-c3cc(C(=O)N[C@H]4CCCc5ccccc54)ccn3)c2)CC1. The molecule has 0 unspecified atom stereocenters. The normalized spacial score (nSPS) is 17.3. The van der Waals surface area contributed by atoms with Crippen LogP contribution in [0.2, 0.25) is 0 Å². The van der Waals surface area contributed by atoms with Crippen LogP contribution in [0, 0.1) is 5.92 Å². The second-order valence-corrected chi connectivity index (χ2v) is 15.9. The number of nitrogens with one attached hydrogen (secondary N) is 2. The summed E-state index contributed by atoms with van der Waals surface area (Å²) in [6.45, 7) is 4.81. The number of hydrogen-bond acceptors (Lipinski definition) is 7. The van der Waals surface area contributed by atoms with E-state index in [-0.39, 0.29) is 35.6 Å². The molecule has 1 aromatic heterocycles. The molecule has 2 N–H and O–H groups in total. The minimum Gasteiger partial charge on any atom is -0.372 e. The number of aromatic nitrogens is 1. The van der Waals surface area contributed by atoms with Gasteiger partial charge in [-0.25, -0.2) is 0 Å². The van der Waals surface area contributed by atoms with Gasteiger partial charge in [0.2, 0.25) is 5.91 Å². The average Bonchev–Trinajstić information content (AvgIpc) is 3.25. The molecule has 4 aromatic rings. The summed E-state index contributed by atoms with van der Waals surface area (Å²) in [7, 11) is 5.38. The number of fused-ring (bicyclic) bond motifs is 1. The fourth-order valence-corrected chi connectivity index (χ4v) is 8.44. The number of piperidine rings is 2. The number of nitrogens with zero attached hydrogens (tertiary/aromatic N) is 5. The van der Waals surface area contributed by atoms with E-state index in [2.05, 4.69) is 38.6 Å². The molecular weight excluding hydrogens is 715 g/mol. The van der Waals surface area contributed by atoms with Crippen LogP contribution < -0.4 is 15.5 Å². The van der Waals surface area contributed by atoms with E-state index < -0.39 is 0 Å². The van der Waals surface area contributed by atoms with E-state index in [1.54, 1.807) is 73.5 Å². The van der Waals surface area contributed by atoms with Crippen molar-refractivity contribution in [2.75, 3.05) is 70.6 Å². The molecule has 4 amide bonds. The van der Waals surface area contributed by atoms with Crippen molar-refractivity contribution in [2.45, 2.75) is 57.4 Å². The van der Waals surface area contributed by atoms with Gasteiger partial charge in [-0.3, -0.25) is 24.2 Å². The smallest absolute Gasteiger partial charge is 0.255 e. The van der Waals surface area contributed by atoms with Crippen LogP contribution in [0.4, 0.5) is 11.4 Å². The summed E-state index contributed by atoms with van der Waals surface area (Å²) in [6.07, 6.45) is 9.66. The first-order valence-electron chi connectivity index (χ1n) is 20.5. The maximum Gasteiger partial charge on any atom is 0.255 e. The van der Waals surface area contributed by atoms with Crippen molar-refractivity contribution in [1.29, 1.82) is 0 Å². The van der Waals surface area contributed by atoms with E-state index in [0.29, 0.717) is 46.7 Å². The van der Waals surface area contributed by atoms with Crippen molar-refractivity contribution >= 4 is 35.0 Å². The number of pyridine rings is 1. The van der Waals surface area contributed by atoms with Crippen LogP contribution in [0.3, 0.4) is 0 Å². The van der Waals surface area contributed by atoms with Gasteiger partial charge in [-0.1, -0.05) is 30.3 Å². The van der Waals surface area contributed by atoms with Gasteiger partial charge in [0.25, 0.3) is 17.7 Å². The molecule has 57 heavy (non-hydrogen) atoms. The van der Waals surface area contributed by atoms with Gasteiger partial charge in [0, 0.05) is 87.4 Å². The third-order valence-electron chi connectivity index (χ3n) is 11.8. The Kier molecular flexibility index (Phi) is 12.6. The molecular formula is C46H55N7O4. The predicted octanol–water partition coefficient (Wildman–Crippen LogP) is 6.67. The minimum atomic E-state index is -0.348. The number of amides is 4. The lowest BCUT2D eigenvalue weighted by atomic mass is 9.87. The highest BCUT2D eigenvalue weighted by atomic mass is 16.2. The number of anilines is 2. The largest absolute Gasteiger partial charge is 0.372 e. The summed E-state index contributed by atoms with van der Waals surface area (Å²) >= 11 is 0. The van der Waals surface area contributed by atoms with Gasteiger partial charge < -0.3 is 30.2 Å². The quantitative estimate of drug-likeness (QED) is 0.175. The topological polar surface area (TPSA) is 118 Å². The fraction of sp³-hybridized carbons (Fsp3) is 0.413. The molecule has 11 nitrogen and oxygen atoms in total. The van der Waals surface area contributed by atoms with E-state index in [1.807, 2.05) is 24.3 Å². The van der Waals surface area contributed by atoms with Crippen LogP contribution in [-0.4, -0.2) is 104 Å². The number of likely N-dealkylation sites (tertiary alicyclic amines) is 1. The fourth-order valence-electron chi connectivity index (χ4n) is 8.44. The number of carbonyl (C=O) groups excluding carboxylic acids is 4. The van der Waals surface area contributed by atoms with Crippen LogP contribution in [-0.2, 0) is 11.2 Å². The molecule has 0 bridgehead atoms. The van der Waals surface area contributed by atoms with Gasteiger partial charge in [0.05, 0.1) is 17.4 Å². The van der Waals surface area contributed by atoms with Crippen molar-refractivity contribution in [3.05, 3.63) is 113 Å². The maximum atomic E-state index is 13.9. The first kappa shape index (κ1) is 39.7. The number of hydrogen-bond donors (Lipinski definition) is 2. The predicted molar refractivity (Wildman–Crippen MR) is 225 cm³/mol. The highest BCUT2D eigenvalue weighted by molar-refractivity contribution is 6.08. The number of aryl methyl sites for hydroxylation is 1. The van der Waals surface area contributed by atoms with Crippen LogP contribution >= 0.6 is 0 Å². The molecule has 2 fully saturated rings. The van der Waals surface area contributed by atoms with Crippen LogP contribution in [0.1, 0.15) is 93.2 Å². The number of carbonyl (C=O) groups is 4. The Morgan fingerprint density at radius 1 is 0.754 bits per heavy atom. The molecule has 11 heteroatoms. The lowest BCUT2D eigenvalue weighted by molar-refractivity contribution is -0.134. The second-order valence-electron chi connectivity index (χ2n) is 15.9. The van der Waals surface area contributed by atoms with Gasteiger partial charge in [-0.2, -0.15) is 0 Å². The Morgan fingerprint density at radius 3 is 2.30 bits per heavy atom. The molecule has 3 aliphatic rings. The zero-order valence-corrected chi connectivity index (χ0v) is 33.5. The summed E-state index contributed by atoms with van der Waals surface area (Å²) < 4.78 is 0. The Hall–Kier alpha value is -5.55. The van der Waals surface area contributed by atoms with E-state index >= 15 is 0 Å². The minimum absolute atomic E-state index is 0.0531. The molecule has 1 aliphatic carbocycles. The summed E-state index contributed by atoms with van der Waals surface area (Å²) in [6, 6.07) is 24.6. The molecule has 2 aliphatic heterocycles. The van der Waals surface area contributed by atoms with E-state index in [9.17, 15) is 19.2 Å². The van der Waals surface area contributed by atoms with Crippen molar-refractivity contribution < 1.29 is 19.2 Å². The van der Waals surface area contributed by atoms with Crippen LogP contribution in [0.5, 0.6) is 0 Å². The van der Waals surface area contributed by atoms with Crippen LogP contribution in [0.25, 0.3) is 11.3 Å². The standard InChI is InChI=1S/C46H55N7O4/c1-50(2)45(56)33-20-25-52(26-21-33)28-27-51(3)46(57)36-14-9-13-34(29-36)43(54)49-41-18-17-37(53-23-7-4-8-24-53)31-39(41)42-30-35(19-22-47-42)44(55)48-40-16-10-12-32-11-5-6-15-38(32)40/h5-6,9,11,13-15,17-19,22,29-31,33,40H,4,7-8,10,12,16,20-21,23-28H2,1-3H3,(H,48,55)(H,49,54)/t40-/m0/s1. The summed E-state index contributed by atoms with van der Waals surface area (Å²) in [5, 5.41) is 6.37. The van der Waals surface area contributed by atoms with Crippen LogP contribution in [0.15, 0.2) is 85.1 Å². The Labute approximate surface area is 336 Å². The van der Waals surface area contributed by atoms with E-state index in [4.69, 9.17) is 4.98 Å². The van der Waals surface area contributed by atoms with Gasteiger partial charge >= 0.3 is 0 Å². The summed E-state index contributed by atoms with van der Waals surface area (Å²) in [5.74, 6) is -0.426. The third kappa shape index (κ3) is 9.53. The van der Waals surface area contributed by atoms with Gasteiger partial charge in [-0.05, 0) is 124 Å². The van der Waals surface area contributed by atoms with Gasteiger partial charge in [0.1, 0.15) is 0 Å². The maximum absolute atomic E-state index is 13.9. The first-order valence-corrected chi connectivity index (χ1v) is 20.5. The van der Waals surface area contributed by atoms with Gasteiger partial charge in [-0.15, -0.1) is 0 Å². The van der Waals surface area contributed by atoms with Crippen molar-refractivity contribution in [3.8, 4) is 11.3 Å². The van der Waals surface area contributed by atoms with Crippen molar-refractivity contribution in [1.82, 2.24) is 25.0 Å². The molecule has 2 saturated heterocycles. The van der Waals surface area contributed by atoms with Gasteiger partial charge in [0.15, 0.2) is 0 Å². The van der Waals surface area contributed by atoms with E-state index in [1.165, 1.54) is 17.5 Å². The van der Waals surface area contributed by atoms with E-state index in [0.717, 1.165) is 76.8 Å². The Morgan fingerprint density at radius 2 is 1.51 bits per heavy atom. The molecule has 3 heterocycles. The number of likely N-dealkylation sites (N-methyl/N-ethyl adjacent to an activating group) is 1. The third-order valence-corrected chi connectivity index (χ3v) is 11.8. The molecule has 0 spiro atoms. The lowest BCUT2D eigenvalue weighted by Crippen LogP contribution is -2.43. The Bertz CT molecular complexity index is 2090. The zero-order valence-electron chi connectivity index (χ0n) is 33.5. The molecule has 0 saturated carbocycles. The molecule has 7 rings (SSSR count). The number of rotatable bonds is 11. The highest BCUT2D eigenvalue weighted by Crippen LogP contribution is 2.34. The Balaban J connectivity index is 1.06. The van der Waals surface area contributed by atoms with Crippen molar-refractivity contribution in [2.24, 2.45) is 5.92 Å². The monoisotopic (exact) mass is 769 g/mol. The number of benzene rings is 3. The highest BCUT2D eigenvalue weighted by Gasteiger charge is 2.27. The summed E-state index contributed by atoms with van der Waals surface area (Å²) in [5.41, 5.74) is 6.66.